The molecule has 0 radical (unpaired) electrons. The van der Waals surface area contributed by atoms with Crippen molar-refractivity contribution in [3.05, 3.63) is 52.7 Å². The summed E-state index contributed by atoms with van der Waals surface area (Å²) in [5.41, 5.74) is 0.998. The van der Waals surface area contributed by atoms with E-state index in [-0.39, 0.29) is 11.7 Å². The lowest BCUT2D eigenvalue weighted by molar-refractivity contribution is 0.112. The van der Waals surface area contributed by atoms with Gasteiger partial charge in [-0.3, -0.25) is 13.9 Å². The molecule has 0 amide bonds. The van der Waals surface area contributed by atoms with Crippen molar-refractivity contribution >= 4 is 6.29 Å². The van der Waals surface area contributed by atoms with Crippen LogP contribution in [0.25, 0.3) is 5.69 Å². The zero-order valence-corrected chi connectivity index (χ0v) is 9.83. The SMILES string of the molecule is CC(C)n1ccn(-c2ccccc2C=O)c1=O. The van der Waals surface area contributed by atoms with Crippen LogP contribution >= 0.6 is 0 Å². The Bertz CT molecular complexity index is 593. The van der Waals surface area contributed by atoms with Crippen LogP contribution in [0.1, 0.15) is 30.2 Å². The molecular weight excluding hydrogens is 216 g/mol. The summed E-state index contributed by atoms with van der Waals surface area (Å²) in [6.07, 6.45) is 4.17. The highest BCUT2D eigenvalue weighted by Gasteiger charge is 2.10. The van der Waals surface area contributed by atoms with E-state index in [2.05, 4.69) is 0 Å². The van der Waals surface area contributed by atoms with Gasteiger partial charge < -0.3 is 0 Å². The molecule has 0 saturated carbocycles. The summed E-state index contributed by atoms with van der Waals surface area (Å²) >= 11 is 0. The van der Waals surface area contributed by atoms with E-state index in [1.54, 1.807) is 35.2 Å². The van der Waals surface area contributed by atoms with Gasteiger partial charge in [-0.15, -0.1) is 0 Å². The monoisotopic (exact) mass is 230 g/mol. The number of para-hydroxylation sites is 1. The van der Waals surface area contributed by atoms with Gasteiger partial charge in [-0.1, -0.05) is 12.1 Å². The van der Waals surface area contributed by atoms with E-state index >= 15 is 0 Å². The number of hydrogen-bond acceptors (Lipinski definition) is 2. The minimum Gasteiger partial charge on any atom is -0.298 e. The van der Waals surface area contributed by atoms with E-state index < -0.39 is 0 Å². The van der Waals surface area contributed by atoms with Crippen molar-refractivity contribution in [1.82, 2.24) is 9.13 Å². The highest BCUT2D eigenvalue weighted by atomic mass is 16.1. The molecule has 0 bridgehead atoms. The predicted molar refractivity (Wildman–Crippen MR) is 65.8 cm³/mol. The molecule has 1 aromatic heterocycles. The molecule has 88 valence electrons. The molecule has 2 rings (SSSR count). The molecule has 17 heavy (non-hydrogen) atoms. The third-order valence-electron chi connectivity index (χ3n) is 2.68. The van der Waals surface area contributed by atoms with Crippen LogP contribution in [-0.2, 0) is 0 Å². The summed E-state index contributed by atoms with van der Waals surface area (Å²) in [5.74, 6) is 0. The minimum absolute atomic E-state index is 0.104. The Morgan fingerprint density at radius 3 is 2.47 bits per heavy atom. The number of aromatic nitrogens is 2. The van der Waals surface area contributed by atoms with Crippen LogP contribution in [0.5, 0.6) is 0 Å². The molecule has 1 heterocycles. The quantitative estimate of drug-likeness (QED) is 0.757. The number of carbonyl (C=O) groups is 1. The van der Waals surface area contributed by atoms with Crippen LogP contribution in [0.4, 0.5) is 0 Å². The first-order chi connectivity index (χ1) is 8.15. The third kappa shape index (κ3) is 1.93. The lowest BCUT2D eigenvalue weighted by Gasteiger charge is -2.06. The fourth-order valence-electron chi connectivity index (χ4n) is 1.77. The Labute approximate surface area is 99.1 Å². The van der Waals surface area contributed by atoms with Crippen molar-refractivity contribution < 1.29 is 4.79 Å². The average Bonchev–Trinajstić information content (AvgIpc) is 2.71. The third-order valence-corrected chi connectivity index (χ3v) is 2.68. The Balaban J connectivity index is 2.62. The molecule has 0 aliphatic carbocycles. The molecule has 4 nitrogen and oxygen atoms in total. The van der Waals surface area contributed by atoms with E-state index in [1.807, 2.05) is 19.9 Å². The summed E-state index contributed by atoms with van der Waals surface area (Å²) in [4.78, 5) is 23.0. The van der Waals surface area contributed by atoms with Crippen LogP contribution in [0, 0.1) is 0 Å². The zero-order valence-electron chi connectivity index (χ0n) is 9.83. The Hall–Kier alpha value is -2.10. The number of hydrogen-bond donors (Lipinski definition) is 0. The topological polar surface area (TPSA) is 44.0 Å². The summed E-state index contributed by atoms with van der Waals surface area (Å²) < 4.78 is 3.12. The molecule has 0 aliphatic rings. The lowest BCUT2D eigenvalue weighted by Crippen LogP contribution is -2.24. The number of rotatable bonds is 3. The van der Waals surface area contributed by atoms with Crippen molar-refractivity contribution in [3.8, 4) is 5.69 Å². The van der Waals surface area contributed by atoms with Gasteiger partial charge in [-0.05, 0) is 26.0 Å². The second-order valence-electron chi connectivity index (χ2n) is 4.13. The van der Waals surface area contributed by atoms with Gasteiger partial charge in [0.05, 0.1) is 5.69 Å². The van der Waals surface area contributed by atoms with Gasteiger partial charge >= 0.3 is 5.69 Å². The maximum atomic E-state index is 12.1. The molecule has 0 spiro atoms. The van der Waals surface area contributed by atoms with Gasteiger partial charge in [0.15, 0.2) is 6.29 Å². The van der Waals surface area contributed by atoms with Crippen LogP contribution in [0.3, 0.4) is 0 Å². The summed E-state index contributed by atoms with van der Waals surface area (Å²) in [6.45, 7) is 3.88. The molecular formula is C13H14N2O2. The molecule has 4 heteroatoms. The van der Waals surface area contributed by atoms with Gasteiger partial charge in [-0.2, -0.15) is 0 Å². The first kappa shape index (κ1) is 11.4. The number of nitrogens with zero attached hydrogens (tertiary/aromatic N) is 2. The van der Waals surface area contributed by atoms with Crippen molar-refractivity contribution in [3.63, 3.8) is 0 Å². The fourth-order valence-corrected chi connectivity index (χ4v) is 1.77. The van der Waals surface area contributed by atoms with Gasteiger partial charge in [-0.25, -0.2) is 4.79 Å². The molecule has 0 unspecified atom stereocenters. The second-order valence-corrected chi connectivity index (χ2v) is 4.13. The maximum absolute atomic E-state index is 12.1. The normalized spacial score (nSPS) is 10.8. The summed E-state index contributed by atoms with van der Waals surface area (Å²) in [5, 5.41) is 0. The molecule has 2 aromatic rings. The first-order valence-electron chi connectivity index (χ1n) is 5.49. The van der Waals surface area contributed by atoms with E-state index in [0.29, 0.717) is 11.3 Å². The zero-order chi connectivity index (χ0) is 12.4. The first-order valence-corrected chi connectivity index (χ1v) is 5.49. The Kier molecular flexibility index (Phi) is 2.95. The van der Waals surface area contributed by atoms with Gasteiger partial charge in [0.25, 0.3) is 0 Å². The molecule has 0 N–H and O–H groups in total. The second kappa shape index (κ2) is 4.41. The van der Waals surface area contributed by atoms with E-state index in [1.165, 1.54) is 4.57 Å². The van der Waals surface area contributed by atoms with Gasteiger partial charge in [0.2, 0.25) is 0 Å². The Morgan fingerprint density at radius 1 is 1.18 bits per heavy atom. The molecule has 0 fully saturated rings. The number of carbonyl (C=O) groups excluding carboxylic acids is 1. The van der Waals surface area contributed by atoms with Crippen LogP contribution < -0.4 is 5.69 Å². The van der Waals surface area contributed by atoms with Gasteiger partial charge in [0.1, 0.15) is 0 Å². The maximum Gasteiger partial charge on any atom is 0.332 e. The van der Waals surface area contributed by atoms with Gasteiger partial charge in [0, 0.05) is 24.0 Å². The standard InChI is InChI=1S/C13H14N2O2/c1-10(2)14-7-8-15(13(14)17)12-6-4-3-5-11(12)9-16/h3-10H,1-2H3. The highest BCUT2D eigenvalue weighted by Crippen LogP contribution is 2.11. The molecule has 0 atom stereocenters. The van der Waals surface area contributed by atoms with Crippen molar-refractivity contribution in [2.24, 2.45) is 0 Å². The summed E-state index contributed by atoms with van der Waals surface area (Å²) in [7, 11) is 0. The van der Waals surface area contributed by atoms with Crippen LogP contribution in [0.2, 0.25) is 0 Å². The number of imidazole rings is 1. The number of benzene rings is 1. The smallest absolute Gasteiger partial charge is 0.298 e. The number of aldehydes is 1. The predicted octanol–water partition coefficient (Wildman–Crippen LogP) is 2.03. The molecule has 1 aromatic carbocycles. The average molecular weight is 230 g/mol. The fraction of sp³-hybridized carbons (Fsp3) is 0.231. The van der Waals surface area contributed by atoms with Crippen molar-refractivity contribution in [2.45, 2.75) is 19.9 Å². The molecule has 0 aliphatic heterocycles. The lowest BCUT2D eigenvalue weighted by atomic mass is 10.2. The Morgan fingerprint density at radius 2 is 1.88 bits per heavy atom. The van der Waals surface area contributed by atoms with E-state index in [0.717, 1.165) is 6.29 Å². The van der Waals surface area contributed by atoms with E-state index in [9.17, 15) is 9.59 Å². The van der Waals surface area contributed by atoms with Crippen molar-refractivity contribution in [2.75, 3.05) is 0 Å². The minimum atomic E-state index is -0.130. The van der Waals surface area contributed by atoms with Crippen molar-refractivity contribution in [1.29, 1.82) is 0 Å². The summed E-state index contributed by atoms with van der Waals surface area (Å²) in [6, 6.07) is 7.14. The van der Waals surface area contributed by atoms with Crippen LogP contribution in [0.15, 0.2) is 41.5 Å². The molecule has 0 saturated heterocycles. The largest absolute Gasteiger partial charge is 0.332 e. The van der Waals surface area contributed by atoms with Crippen LogP contribution in [-0.4, -0.2) is 15.4 Å². The highest BCUT2D eigenvalue weighted by molar-refractivity contribution is 5.80. The van der Waals surface area contributed by atoms with E-state index in [4.69, 9.17) is 0 Å².